The number of nitriles is 1. The molecule has 130 valence electrons. The molecular weight excluding hydrogens is 360 g/mol. The van der Waals surface area contributed by atoms with Crippen LogP contribution in [0.1, 0.15) is 21.6 Å². The Morgan fingerprint density at radius 2 is 1.85 bits per heavy atom. The van der Waals surface area contributed by atoms with Crippen molar-refractivity contribution >= 4 is 27.5 Å². The molecule has 27 heavy (non-hydrogen) atoms. The Morgan fingerprint density at radius 3 is 2.63 bits per heavy atom. The maximum Gasteiger partial charge on any atom is 0.359 e. The number of para-hydroxylation sites is 1. The summed E-state index contributed by atoms with van der Waals surface area (Å²) in [5, 5.41) is 9.45. The average Bonchev–Trinajstić information content (AvgIpc) is 3.16. The number of carbonyl (C=O) groups excluding carboxylic acids is 1. The first kappa shape index (κ1) is 16.8. The minimum atomic E-state index is -0.568. The van der Waals surface area contributed by atoms with E-state index in [0.29, 0.717) is 16.3 Å². The number of fused-ring (bicyclic) bond motifs is 1. The molecule has 0 amide bonds. The largest absolute Gasteiger partial charge is 0.456 e. The van der Waals surface area contributed by atoms with E-state index in [9.17, 15) is 4.79 Å². The molecule has 7 heteroatoms. The molecule has 2 aromatic carbocycles. The van der Waals surface area contributed by atoms with Crippen molar-refractivity contribution in [2.45, 2.75) is 6.61 Å². The zero-order chi connectivity index (χ0) is 18.6. The van der Waals surface area contributed by atoms with Crippen molar-refractivity contribution in [3.05, 3.63) is 77.7 Å². The number of esters is 1. The van der Waals surface area contributed by atoms with Crippen molar-refractivity contribution in [1.82, 2.24) is 15.0 Å². The molecule has 0 aliphatic heterocycles. The van der Waals surface area contributed by atoms with E-state index in [2.05, 4.69) is 15.0 Å². The van der Waals surface area contributed by atoms with Crippen LogP contribution in [0.25, 0.3) is 20.9 Å². The number of hydrogen-bond donors (Lipinski definition) is 0. The van der Waals surface area contributed by atoms with Crippen molar-refractivity contribution in [1.29, 1.82) is 5.26 Å². The van der Waals surface area contributed by atoms with Gasteiger partial charge in [-0.25, -0.2) is 19.7 Å². The van der Waals surface area contributed by atoms with Gasteiger partial charge in [0.15, 0.2) is 5.69 Å². The third-order valence-corrected chi connectivity index (χ3v) is 4.88. The molecule has 0 fully saturated rings. The van der Waals surface area contributed by atoms with Gasteiger partial charge in [-0.2, -0.15) is 5.26 Å². The first-order chi connectivity index (χ1) is 13.2. The Morgan fingerprint density at radius 1 is 1.07 bits per heavy atom. The summed E-state index contributed by atoms with van der Waals surface area (Å²) in [5.74, 6) is -0.568. The summed E-state index contributed by atoms with van der Waals surface area (Å²) in [7, 11) is 0. The van der Waals surface area contributed by atoms with Crippen molar-refractivity contribution in [3.8, 4) is 16.8 Å². The zero-order valence-electron chi connectivity index (χ0n) is 14.0. The minimum Gasteiger partial charge on any atom is -0.456 e. The van der Waals surface area contributed by atoms with E-state index in [1.54, 1.807) is 24.3 Å². The average molecular weight is 372 g/mol. The van der Waals surface area contributed by atoms with Gasteiger partial charge in [-0.1, -0.05) is 24.3 Å². The van der Waals surface area contributed by atoms with Crippen LogP contribution < -0.4 is 0 Å². The van der Waals surface area contributed by atoms with Gasteiger partial charge in [0.25, 0.3) is 0 Å². The second-order valence-corrected chi connectivity index (χ2v) is 6.66. The predicted molar refractivity (Wildman–Crippen MR) is 101 cm³/mol. The summed E-state index contributed by atoms with van der Waals surface area (Å²) in [6, 6.07) is 16.6. The van der Waals surface area contributed by atoms with E-state index in [1.807, 2.05) is 30.3 Å². The third kappa shape index (κ3) is 3.52. The Labute approximate surface area is 158 Å². The summed E-state index contributed by atoms with van der Waals surface area (Å²) in [4.78, 5) is 25.5. The Balaban J connectivity index is 1.58. The van der Waals surface area contributed by atoms with Gasteiger partial charge in [-0.05, 0) is 29.8 Å². The number of ether oxygens (including phenoxy) is 1. The SMILES string of the molecule is N#Cc1ccc(COC(=O)c2nccnc2-c2nc3ccccc3s2)cc1. The van der Waals surface area contributed by atoms with Crippen LogP contribution in [-0.4, -0.2) is 20.9 Å². The highest BCUT2D eigenvalue weighted by Crippen LogP contribution is 2.30. The number of carbonyl (C=O) groups is 1. The number of thiazole rings is 1. The van der Waals surface area contributed by atoms with E-state index >= 15 is 0 Å². The van der Waals surface area contributed by atoms with Crippen LogP contribution in [-0.2, 0) is 11.3 Å². The lowest BCUT2D eigenvalue weighted by molar-refractivity contribution is 0.0466. The highest BCUT2D eigenvalue weighted by atomic mass is 32.1. The van der Waals surface area contributed by atoms with Gasteiger partial charge in [-0.15, -0.1) is 11.3 Å². The number of rotatable bonds is 4. The van der Waals surface area contributed by atoms with Gasteiger partial charge < -0.3 is 4.74 Å². The normalized spacial score (nSPS) is 10.5. The monoisotopic (exact) mass is 372 g/mol. The highest BCUT2D eigenvalue weighted by molar-refractivity contribution is 7.21. The van der Waals surface area contributed by atoms with E-state index in [0.717, 1.165) is 15.8 Å². The third-order valence-electron chi connectivity index (χ3n) is 3.84. The van der Waals surface area contributed by atoms with Crippen LogP contribution in [0.2, 0.25) is 0 Å². The van der Waals surface area contributed by atoms with Crippen LogP contribution in [0.3, 0.4) is 0 Å². The number of benzene rings is 2. The number of hydrogen-bond acceptors (Lipinski definition) is 7. The lowest BCUT2D eigenvalue weighted by Crippen LogP contribution is -2.10. The van der Waals surface area contributed by atoms with Gasteiger partial charge in [0.2, 0.25) is 0 Å². The van der Waals surface area contributed by atoms with Gasteiger partial charge in [0.05, 0.1) is 21.8 Å². The molecule has 0 N–H and O–H groups in total. The minimum absolute atomic E-state index is 0.0837. The van der Waals surface area contributed by atoms with E-state index < -0.39 is 5.97 Å². The molecule has 4 rings (SSSR count). The maximum absolute atomic E-state index is 12.6. The molecular formula is C20H12N4O2S. The van der Waals surface area contributed by atoms with Crippen LogP contribution >= 0.6 is 11.3 Å². The van der Waals surface area contributed by atoms with Gasteiger partial charge >= 0.3 is 5.97 Å². The summed E-state index contributed by atoms with van der Waals surface area (Å²) in [6.45, 7) is 0.0837. The van der Waals surface area contributed by atoms with Crippen LogP contribution in [0.15, 0.2) is 60.9 Å². The molecule has 0 radical (unpaired) electrons. The molecule has 2 aromatic heterocycles. The quantitative estimate of drug-likeness (QED) is 0.503. The molecule has 0 saturated carbocycles. The van der Waals surface area contributed by atoms with Crippen molar-refractivity contribution < 1.29 is 9.53 Å². The fourth-order valence-corrected chi connectivity index (χ4v) is 3.47. The maximum atomic E-state index is 12.6. The van der Waals surface area contributed by atoms with Crippen LogP contribution in [0, 0.1) is 11.3 Å². The topological polar surface area (TPSA) is 88.8 Å². The van der Waals surface area contributed by atoms with Crippen LogP contribution in [0.4, 0.5) is 0 Å². The van der Waals surface area contributed by atoms with Gasteiger partial charge in [0, 0.05) is 12.4 Å². The fraction of sp³-hybridized carbons (Fsp3) is 0.0500. The Hall–Kier alpha value is -3.63. The molecule has 0 unspecified atom stereocenters. The van der Waals surface area contributed by atoms with Crippen molar-refractivity contribution in [3.63, 3.8) is 0 Å². The molecule has 2 heterocycles. The molecule has 0 saturated heterocycles. The molecule has 4 aromatic rings. The highest BCUT2D eigenvalue weighted by Gasteiger charge is 2.20. The van der Waals surface area contributed by atoms with Crippen LogP contribution in [0.5, 0.6) is 0 Å². The second-order valence-electron chi connectivity index (χ2n) is 5.63. The Bertz CT molecular complexity index is 1130. The second kappa shape index (κ2) is 7.32. The standard InChI is InChI=1S/C20H12N4O2S/c21-11-13-5-7-14(8-6-13)12-26-20(25)18-17(22-9-10-23-18)19-24-15-3-1-2-4-16(15)27-19/h1-10H,12H2. The van der Waals surface area contributed by atoms with Gasteiger partial charge in [-0.3, -0.25) is 0 Å². The molecule has 0 atom stereocenters. The summed E-state index contributed by atoms with van der Waals surface area (Å²) in [5.41, 5.74) is 2.72. The first-order valence-electron chi connectivity index (χ1n) is 8.08. The van der Waals surface area contributed by atoms with E-state index in [-0.39, 0.29) is 12.3 Å². The number of aromatic nitrogens is 3. The van der Waals surface area contributed by atoms with E-state index in [4.69, 9.17) is 10.00 Å². The molecule has 0 spiro atoms. The number of nitrogens with zero attached hydrogens (tertiary/aromatic N) is 4. The molecule has 0 bridgehead atoms. The van der Waals surface area contributed by atoms with Gasteiger partial charge in [0.1, 0.15) is 17.3 Å². The summed E-state index contributed by atoms with van der Waals surface area (Å²) >= 11 is 1.45. The molecule has 6 nitrogen and oxygen atoms in total. The van der Waals surface area contributed by atoms with E-state index in [1.165, 1.54) is 23.7 Å². The predicted octanol–water partition coefficient (Wildman–Crippen LogP) is 3.98. The molecule has 0 aliphatic carbocycles. The first-order valence-corrected chi connectivity index (χ1v) is 8.89. The fourth-order valence-electron chi connectivity index (χ4n) is 2.51. The molecule has 0 aliphatic rings. The zero-order valence-corrected chi connectivity index (χ0v) is 14.8. The van der Waals surface area contributed by atoms with Crippen molar-refractivity contribution in [2.24, 2.45) is 0 Å². The van der Waals surface area contributed by atoms with Crippen molar-refractivity contribution in [2.75, 3.05) is 0 Å². The lowest BCUT2D eigenvalue weighted by atomic mass is 10.2. The smallest absolute Gasteiger partial charge is 0.359 e. The lowest BCUT2D eigenvalue weighted by Gasteiger charge is -2.06. The summed E-state index contributed by atoms with van der Waals surface area (Å²) < 4.78 is 6.39. The summed E-state index contributed by atoms with van der Waals surface area (Å²) in [6.07, 6.45) is 2.98. The Kier molecular flexibility index (Phi) is 4.56.